The zero-order chi connectivity index (χ0) is 34.2. The lowest BCUT2D eigenvalue weighted by atomic mass is 9.97. The highest BCUT2D eigenvalue weighted by Gasteiger charge is 2.18. The number of unbranched alkanes of at least 4 members (excludes halogenated alkanes) is 8. The second-order valence-corrected chi connectivity index (χ2v) is 12.4. The maximum atomic E-state index is 13.2. The lowest BCUT2D eigenvalue weighted by molar-refractivity contribution is -0.136. The number of aromatic carboxylic acids is 1. The lowest BCUT2D eigenvalue weighted by Crippen LogP contribution is -2.05. The van der Waals surface area contributed by atoms with Gasteiger partial charge in [0.1, 0.15) is 5.75 Å². The number of rotatable bonds is 18. The fourth-order valence-electron chi connectivity index (χ4n) is 5.94. The number of carboxylic acid groups (broad SMARTS) is 2. The predicted molar refractivity (Wildman–Crippen MR) is 189 cm³/mol. The van der Waals surface area contributed by atoms with Crippen LogP contribution in [0, 0.1) is 20.8 Å². The van der Waals surface area contributed by atoms with Crippen molar-refractivity contribution in [2.24, 2.45) is 0 Å². The first-order chi connectivity index (χ1) is 22.6. The van der Waals surface area contributed by atoms with Gasteiger partial charge in [0.05, 0.1) is 18.6 Å². The van der Waals surface area contributed by atoms with Gasteiger partial charge in [0, 0.05) is 35.0 Å². The van der Waals surface area contributed by atoms with Gasteiger partial charge in [0.15, 0.2) is 5.78 Å². The van der Waals surface area contributed by atoms with Crippen molar-refractivity contribution in [2.75, 3.05) is 6.61 Å². The fraction of sp³-hybridized carbons (Fsp3) is 0.425. The molecule has 4 aromatic rings. The highest BCUT2D eigenvalue weighted by Crippen LogP contribution is 2.28. The Morgan fingerprint density at radius 3 is 2.06 bits per heavy atom. The zero-order valence-corrected chi connectivity index (χ0v) is 28.5. The number of ether oxygens (including phenoxy) is 1. The molecule has 0 saturated heterocycles. The quantitative estimate of drug-likeness (QED) is 0.0735. The molecule has 3 N–H and O–H groups in total. The van der Waals surface area contributed by atoms with Crippen LogP contribution < -0.4 is 4.74 Å². The van der Waals surface area contributed by atoms with Gasteiger partial charge in [-0.2, -0.15) is 0 Å². The largest absolute Gasteiger partial charge is 0.493 e. The summed E-state index contributed by atoms with van der Waals surface area (Å²) in [5.41, 5.74) is 6.91. The summed E-state index contributed by atoms with van der Waals surface area (Å²) in [6.07, 6.45) is 12.5. The number of hydrogen-bond acceptors (Lipinski definition) is 4. The third-order valence-electron chi connectivity index (χ3n) is 8.42. The number of hydrogen-bond donors (Lipinski definition) is 3. The zero-order valence-electron chi connectivity index (χ0n) is 28.5. The number of carboxylic acids is 2. The van der Waals surface area contributed by atoms with Gasteiger partial charge in [-0.15, -0.1) is 0 Å². The molecule has 4 rings (SSSR count). The molecule has 0 fully saturated rings. The van der Waals surface area contributed by atoms with Crippen LogP contribution in [-0.2, 0) is 17.6 Å². The van der Waals surface area contributed by atoms with E-state index < -0.39 is 11.9 Å². The number of aryl methyl sites for hydroxylation is 3. The van der Waals surface area contributed by atoms with E-state index in [-0.39, 0.29) is 12.2 Å². The van der Waals surface area contributed by atoms with E-state index in [1.54, 1.807) is 43.3 Å². The Labute approximate surface area is 279 Å². The van der Waals surface area contributed by atoms with Crippen LogP contribution in [0.2, 0.25) is 0 Å². The number of carbonyl (C=O) groups excluding carboxylic acids is 1. The van der Waals surface area contributed by atoms with Gasteiger partial charge in [-0.25, -0.2) is 4.79 Å². The molecular weight excluding hydrogens is 590 g/mol. The van der Waals surface area contributed by atoms with E-state index in [0.29, 0.717) is 30.8 Å². The molecule has 47 heavy (non-hydrogen) atoms. The molecule has 1 heterocycles. The van der Waals surface area contributed by atoms with Gasteiger partial charge < -0.3 is 19.9 Å². The van der Waals surface area contributed by atoms with Gasteiger partial charge in [-0.1, -0.05) is 100 Å². The molecule has 7 heteroatoms. The fourth-order valence-corrected chi connectivity index (χ4v) is 5.94. The van der Waals surface area contributed by atoms with Crippen molar-refractivity contribution in [3.05, 3.63) is 99.7 Å². The molecule has 0 bridgehead atoms. The molecule has 0 amide bonds. The summed E-state index contributed by atoms with van der Waals surface area (Å²) in [6, 6.07) is 18.6. The second kappa shape index (κ2) is 19.3. The monoisotopic (exact) mass is 641 g/mol. The van der Waals surface area contributed by atoms with E-state index in [1.165, 1.54) is 44.9 Å². The Balaban J connectivity index is 0.000000461. The van der Waals surface area contributed by atoms with Crippen LogP contribution in [0.3, 0.4) is 0 Å². The number of H-pyrrole nitrogens is 1. The molecule has 7 nitrogen and oxygen atoms in total. The van der Waals surface area contributed by atoms with Crippen LogP contribution in [0.4, 0.5) is 0 Å². The molecule has 0 aliphatic rings. The highest BCUT2D eigenvalue weighted by atomic mass is 16.5. The van der Waals surface area contributed by atoms with Crippen molar-refractivity contribution >= 4 is 28.6 Å². The summed E-state index contributed by atoms with van der Waals surface area (Å²) in [5.74, 6) is -0.767. The molecule has 0 radical (unpaired) electrons. The molecule has 0 saturated carbocycles. The average Bonchev–Trinajstić information content (AvgIpc) is 3.37. The molecular formula is C40H51NO6. The normalized spacial score (nSPS) is 10.8. The van der Waals surface area contributed by atoms with Crippen LogP contribution in [0.1, 0.15) is 120 Å². The average molecular weight is 642 g/mol. The minimum Gasteiger partial charge on any atom is -0.493 e. The summed E-state index contributed by atoms with van der Waals surface area (Å²) >= 11 is 0. The predicted octanol–water partition coefficient (Wildman–Crippen LogP) is 9.83. The highest BCUT2D eigenvalue weighted by molar-refractivity contribution is 6.10. The smallest absolute Gasteiger partial charge is 0.335 e. The third kappa shape index (κ3) is 12.0. The van der Waals surface area contributed by atoms with Crippen LogP contribution in [0.25, 0.3) is 10.9 Å². The SMILES string of the molecule is CCCCCCCCCCCC(=O)c1c(C)[nH]c2cccc(CCOc3ccc(CC(=O)O)cc3)c12.Cc1ccc(C(=O)O)c(C)c1. The van der Waals surface area contributed by atoms with Gasteiger partial charge in [0.2, 0.25) is 0 Å². The van der Waals surface area contributed by atoms with E-state index >= 15 is 0 Å². The number of ketones is 1. The number of Topliss-reactive ketones (excluding diaryl/α,β-unsaturated/α-hetero) is 1. The first-order valence-electron chi connectivity index (χ1n) is 17.0. The van der Waals surface area contributed by atoms with Crippen molar-refractivity contribution in [2.45, 2.75) is 105 Å². The van der Waals surface area contributed by atoms with Crippen LogP contribution in [0.5, 0.6) is 5.75 Å². The van der Waals surface area contributed by atoms with E-state index in [1.807, 2.05) is 32.0 Å². The standard InChI is InChI=1S/C31H41NO4.C9H10O2/c1-3-4-5-6-7-8-9-10-11-15-28(33)30-23(2)32-27-14-12-13-25(31(27)30)20-21-36-26-18-16-24(17-19-26)22-29(34)35;1-6-3-4-8(9(10)11)7(2)5-6/h12-14,16-19,32H,3-11,15,20-22H2,1-2H3,(H,34,35);3-5H,1-2H3,(H,10,11). The Hall–Kier alpha value is -4.39. The first-order valence-corrected chi connectivity index (χ1v) is 17.0. The molecule has 3 aromatic carbocycles. The number of aromatic amines is 1. The van der Waals surface area contributed by atoms with Crippen molar-refractivity contribution in [1.82, 2.24) is 4.98 Å². The molecule has 252 valence electrons. The number of aromatic nitrogens is 1. The molecule has 0 unspecified atom stereocenters. The number of fused-ring (bicyclic) bond motifs is 1. The number of aliphatic carboxylic acids is 1. The van der Waals surface area contributed by atoms with Crippen LogP contribution >= 0.6 is 0 Å². The topological polar surface area (TPSA) is 117 Å². The van der Waals surface area contributed by atoms with Gasteiger partial charge in [0.25, 0.3) is 0 Å². The minimum atomic E-state index is -0.859. The van der Waals surface area contributed by atoms with Gasteiger partial charge in [-0.05, 0) is 68.1 Å². The van der Waals surface area contributed by atoms with Crippen molar-refractivity contribution in [3.8, 4) is 5.75 Å². The second-order valence-electron chi connectivity index (χ2n) is 12.4. The summed E-state index contributed by atoms with van der Waals surface area (Å²) < 4.78 is 5.92. The van der Waals surface area contributed by atoms with E-state index in [0.717, 1.165) is 57.3 Å². The lowest BCUT2D eigenvalue weighted by Gasteiger charge is -2.09. The number of nitrogens with one attached hydrogen (secondary N) is 1. The first kappa shape index (κ1) is 37.1. The van der Waals surface area contributed by atoms with E-state index in [4.69, 9.17) is 14.9 Å². The van der Waals surface area contributed by atoms with E-state index in [2.05, 4.69) is 18.0 Å². The van der Waals surface area contributed by atoms with Crippen LogP contribution in [0.15, 0.2) is 60.7 Å². The summed E-state index contributed by atoms with van der Waals surface area (Å²) in [5, 5.41) is 18.6. The molecule has 1 aromatic heterocycles. The molecule has 0 atom stereocenters. The van der Waals surface area contributed by atoms with Gasteiger partial charge >= 0.3 is 11.9 Å². The summed E-state index contributed by atoms with van der Waals surface area (Å²) in [7, 11) is 0. The van der Waals surface area contributed by atoms with E-state index in [9.17, 15) is 14.4 Å². The van der Waals surface area contributed by atoms with Crippen LogP contribution in [-0.4, -0.2) is 39.5 Å². The summed E-state index contributed by atoms with van der Waals surface area (Å²) in [6.45, 7) is 8.46. The molecule has 0 spiro atoms. The Kier molecular flexibility index (Phi) is 15.2. The van der Waals surface area contributed by atoms with Crippen molar-refractivity contribution in [1.29, 1.82) is 0 Å². The third-order valence-corrected chi connectivity index (χ3v) is 8.42. The Bertz CT molecular complexity index is 1600. The van der Waals surface area contributed by atoms with Crippen molar-refractivity contribution in [3.63, 3.8) is 0 Å². The summed E-state index contributed by atoms with van der Waals surface area (Å²) in [4.78, 5) is 38.0. The van der Waals surface area contributed by atoms with Crippen molar-refractivity contribution < 1.29 is 29.3 Å². The maximum absolute atomic E-state index is 13.2. The Morgan fingerprint density at radius 2 is 1.45 bits per heavy atom. The number of carbonyl (C=O) groups is 3. The molecule has 0 aliphatic carbocycles. The van der Waals surface area contributed by atoms with Gasteiger partial charge in [-0.3, -0.25) is 9.59 Å². The number of benzene rings is 3. The molecule has 0 aliphatic heterocycles. The Morgan fingerprint density at radius 1 is 0.787 bits per heavy atom. The minimum absolute atomic E-state index is 0.00493. The maximum Gasteiger partial charge on any atom is 0.335 e.